The summed E-state index contributed by atoms with van der Waals surface area (Å²) in [6.45, 7) is 8.48. The molecule has 2 nitrogen and oxygen atoms in total. The molecule has 0 aromatic heterocycles. The van der Waals surface area contributed by atoms with Gasteiger partial charge in [0, 0.05) is 13.2 Å². The topological polar surface area (TPSA) is 18.5 Å². The largest absolute Gasteiger partial charge is 0.381 e. The highest BCUT2D eigenvalue weighted by molar-refractivity contribution is 4.76. The number of hydrogen-bond acceptors (Lipinski definition) is 2. The Hall–Kier alpha value is -0.0800. The Morgan fingerprint density at radius 1 is 1.27 bits per heavy atom. The molecule has 1 heterocycles. The molecule has 1 atom stereocenters. The minimum Gasteiger partial charge on any atom is -0.381 e. The Bertz CT molecular complexity index is 164. The summed E-state index contributed by atoms with van der Waals surface area (Å²) in [5, 5.41) is 0. The van der Waals surface area contributed by atoms with Crippen molar-refractivity contribution in [1.82, 2.24) is 0 Å². The van der Waals surface area contributed by atoms with Crippen molar-refractivity contribution in [3.8, 4) is 0 Å². The van der Waals surface area contributed by atoms with E-state index in [0.29, 0.717) is 6.10 Å². The lowest BCUT2D eigenvalue weighted by molar-refractivity contribution is -0.123. The maximum Gasteiger partial charge on any atom is 0.0655 e. The monoisotopic (exact) mass is 214 g/mol. The van der Waals surface area contributed by atoms with E-state index in [2.05, 4.69) is 20.8 Å². The van der Waals surface area contributed by atoms with E-state index in [9.17, 15) is 0 Å². The highest BCUT2D eigenvalue weighted by atomic mass is 16.5. The molecular formula is C13H26O2. The molecular weight excluding hydrogens is 188 g/mol. The first-order valence-electron chi connectivity index (χ1n) is 6.45. The second-order valence-electron chi connectivity index (χ2n) is 4.84. The lowest BCUT2D eigenvalue weighted by Crippen LogP contribution is -2.36. The van der Waals surface area contributed by atoms with Crippen LogP contribution >= 0.6 is 0 Å². The molecule has 15 heavy (non-hydrogen) atoms. The predicted molar refractivity (Wildman–Crippen MR) is 63.1 cm³/mol. The number of ether oxygens (including phenoxy) is 2. The molecule has 0 bridgehead atoms. The minimum absolute atomic E-state index is 0.0953. The van der Waals surface area contributed by atoms with E-state index in [-0.39, 0.29) is 5.60 Å². The Balaban J connectivity index is 2.35. The van der Waals surface area contributed by atoms with Crippen LogP contribution in [0.1, 0.15) is 59.3 Å². The van der Waals surface area contributed by atoms with Gasteiger partial charge in [0.15, 0.2) is 0 Å². The Morgan fingerprint density at radius 3 is 2.47 bits per heavy atom. The van der Waals surface area contributed by atoms with Crippen molar-refractivity contribution >= 4 is 0 Å². The van der Waals surface area contributed by atoms with Crippen LogP contribution in [0.15, 0.2) is 0 Å². The number of rotatable bonds is 6. The Morgan fingerprint density at radius 2 is 1.93 bits per heavy atom. The van der Waals surface area contributed by atoms with E-state index in [1.807, 2.05) is 0 Å². The zero-order valence-corrected chi connectivity index (χ0v) is 10.6. The normalized spacial score (nSPS) is 22.6. The fraction of sp³-hybridized carbons (Fsp3) is 1.00. The van der Waals surface area contributed by atoms with Crippen LogP contribution in [0, 0.1) is 0 Å². The summed E-state index contributed by atoms with van der Waals surface area (Å²) < 4.78 is 11.6. The number of unbranched alkanes of at least 4 members (excludes halogenated alkanes) is 1. The molecule has 1 fully saturated rings. The Labute approximate surface area is 94.3 Å². The third-order valence-electron chi connectivity index (χ3n) is 3.43. The molecule has 1 saturated heterocycles. The zero-order valence-electron chi connectivity index (χ0n) is 10.6. The van der Waals surface area contributed by atoms with E-state index in [1.165, 1.54) is 19.3 Å². The fourth-order valence-electron chi connectivity index (χ4n) is 2.07. The second kappa shape index (κ2) is 6.49. The van der Waals surface area contributed by atoms with E-state index in [1.54, 1.807) is 0 Å². The van der Waals surface area contributed by atoms with Crippen LogP contribution in [-0.2, 0) is 9.47 Å². The molecule has 1 rings (SSSR count). The summed E-state index contributed by atoms with van der Waals surface area (Å²) in [7, 11) is 0. The van der Waals surface area contributed by atoms with Crippen LogP contribution in [0.4, 0.5) is 0 Å². The molecule has 0 N–H and O–H groups in total. The smallest absolute Gasteiger partial charge is 0.0655 e. The quantitative estimate of drug-likeness (QED) is 0.673. The lowest BCUT2D eigenvalue weighted by Gasteiger charge is -2.35. The second-order valence-corrected chi connectivity index (χ2v) is 4.84. The molecule has 2 heteroatoms. The molecule has 0 aromatic carbocycles. The molecule has 0 aromatic rings. The molecule has 90 valence electrons. The first-order chi connectivity index (χ1) is 7.20. The molecule has 0 aliphatic carbocycles. The highest BCUT2D eigenvalue weighted by Gasteiger charge is 2.27. The van der Waals surface area contributed by atoms with Crippen LogP contribution < -0.4 is 0 Å². The zero-order chi connectivity index (χ0) is 11.1. The molecule has 0 saturated carbocycles. The van der Waals surface area contributed by atoms with Gasteiger partial charge in [-0.3, -0.25) is 0 Å². The van der Waals surface area contributed by atoms with Crippen molar-refractivity contribution in [2.24, 2.45) is 0 Å². The van der Waals surface area contributed by atoms with E-state index < -0.39 is 0 Å². The van der Waals surface area contributed by atoms with Crippen molar-refractivity contribution in [2.75, 3.05) is 13.2 Å². The van der Waals surface area contributed by atoms with Gasteiger partial charge in [-0.05, 0) is 32.6 Å². The van der Waals surface area contributed by atoms with Gasteiger partial charge in [0.1, 0.15) is 0 Å². The fourth-order valence-corrected chi connectivity index (χ4v) is 2.07. The van der Waals surface area contributed by atoms with Gasteiger partial charge in [-0.25, -0.2) is 0 Å². The molecule has 1 aliphatic rings. The van der Waals surface area contributed by atoms with Gasteiger partial charge >= 0.3 is 0 Å². The van der Waals surface area contributed by atoms with Gasteiger partial charge in [0.25, 0.3) is 0 Å². The SMILES string of the molecule is CCCCC(C)(CC)OC1CCOCC1. The maximum absolute atomic E-state index is 6.25. The number of hydrogen-bond donors (Lipinski definition) is 0. The minimum atomic E-state index is 0.0953. The summed E-state index contributed by atoms with van der Waals surface area (Å²) in [5.74, 6) is 0. The molecule has 0 amide bonds. The third-order valence-corrected chi connectivity index (χ3v) is 3.43. The van der Waals surface area contributed by atoms with Gasteiger partial charge < -0.3 is 9.47 Å². The Kier molecular flexibility index (Phi) is 5.62. The van der Waals surface area contributed by atoms with Crippen molar-refractivity contribution in [3.63, 3.8) is 0 Å². The average molecular weight is 214 g/mol. The average Bonchev–Trinajstić information content (AvgIpc) is 2.28. The molecule has 0 spiro atoms. The maximum atomic E-state index is 6.25. The van der Waals surface area contributed by atoms with E-state index in [0.717, 1.165) is 32.5 Å². The van der Waals surface area contributed by atoms with Gasteiger partial charge in [0.2, 0.25) is 0 Å². The van der Waals surface area contributed by atoms with Crippen LogP contribution in [0.3, 0.4) is 0 Å². The van der Waals surface area contributed by atoms with Crippen molar-refractivity contribution in [3.05, 3.63) is 0 Å². The highest BCUT2D eigenvalue weighted by Crippen LogP contribution is 2.27. The summed E-state index contributed by atoms with van der Waals surface area (Å²) >= 11 is 0. The molecule has 1 aliphatic heterocycles. The van der Waals surface area contributed by atoms with Crippen molar-refractivity contribution < 1.29 is 9.47 Å². The molecule has 0 radical (unpaired) electrons. The first kappa shape index (κ1) is 13.0. The van der Waals surface area contributed by atoms with Crippen LogP contribution in [0.25, 0.3) is 0 Å². The molecule has 1 unspecified atom stereocenters. The van der Waals surface area contributed by atoms with Crippen LogP contribution in [0.5, 0.6) is 0 Å². The van der Waals surface area contributed by atoms with Crippen LogP contribution in [-0.4, -0.2) is 24.9 Å². The lowest BCUT2D eigenvalue weighted by atomic mass is 9.95. The van der Waals surface area contributed by atoms with Gasteiger partial charge in [-0.15, -0.1) is 0 Å². The summed E-state index contributed by atoms with van der Waals surface area (Å²) in [5.41, 5.74) is 0.0953. The predicted octanol–water partition coefficient (Wildman–Crippen LogP) is 3.54. The van der Waals surface area contributed by atoms with Gasteiger partial charge in [0.05, 0.1) is 11.7 Å². The third kappa shape index (κ3) is 4.52. The van der Waals surface area contributed by atoms with Crippen molar-refractivity contribution in [1.29, 1.82) is 0 Å². The van der Waals surface area contributed by atoms with Crippen LogP contribution in [0.2, 0.25) is 0 Å². The van der Waals surface area contributed by atoms with Gasteiger partial charge in [-0.1, -0.05) is 26.7 Å². The summed E-state index contributed by atoms with van der Waals surface area (Å²) in [6, 6.07) is 0. The first-order valence-corrected chi connectivity index (χ1v) is 6.45. The van der Waals surface area contributed by atoms with E-state index >= 15 is 0 Å². The summed E-state index contributed by atoms with van der Waals surface area (Å²) in [6.07, 6.45) is 7.41. The van der Waals surface area contributed by atoms with E-state index in [4.69, 9.17) is 9.47 Å². The summed E-state index contributed by atoms with van der Waals surface area (Å²) in [4.78, 5) is 0. The standard InChI is InChI=1S/C13H26O2/c1-4-6-9-13(3,5-2)15-12-7-10-14-11-8-12/h12H,4-11H2,1-3H3. The van der Waals surface area contributed by atoms with Gasteiger partial charge in [-0.2, -0.15) is 0 Å². The van der Waals surface area contributed by atoms with Crippen molar-refractivity contribution in [2.45, 2.75) is 71.0 Å².